The Kier molecular flexibility index (Phi) is 6.75. The number of amides is 2. The molecule has 0 aliphatic carbocycles. The van der Waals surface area contributed by atoms with Gasteiger partial charge in [-0.2, -0.15) is 0 Å². The maximum absolute atomic E-state index is 12.2. The van der Waals surface area contributed by atoms with Gasteiger partial charge in [-0.15, -0.1) is 0 Å². The zero-order valence-corrected chi connectivity index (χ0v) is 15.1. The van der Waals surface area contributed by atoms with Crippen molar-refractivity contribution in [2.45, 2.75) is 33.7 Å². The molecule has 0 saturated heterocycles. The number of benzene rings is 2. The Morgan fingerprint density at radius 3 is 2.00 bits per heavy atom. The normalized spacial score (nSPS) is 10.6. The Bertz CT molecular complexity index is 721. The summed E-state index contributed by atoms with van der Waals surface area (Å²) in [4.78, 5) is 24.3. The van der Waals surface area contributed by atoms with Crippen molar-refractivity contribution < 1.29 is 9.59 Å². The standard InChI is InChI=1S/C21H26N2O2/c1-15(2)12-13-22-20(24)17-8-10-18(11-9-17)21(25)23-14-19-7-5-4-6-16(19)3/h4-11,15H,12-14H2,1-3H3,(H,22,24)(H,23,25). The van der Waals surface area contributed by atoms with E-state index in [2.05, 4.69) is 24.5 Å². The van der Waals surface area contributed by atoms with Gasteiger partial charge in [0.15, 0.2) is 0 Å². The zero-order chi connectivity index (χ0) is 18.2. The lowest BCUT2D eigenvalue weighted by Crippen LogP contribution is -2.26. The van der Waals surface area contributed by atoms with Crippen LogP contribution in [0.2, 0.25) is 0 Å². The highest BCUT2D eigenvalue weighted by Crippen LogP contribution is 2.08. The molecule has 2 amide bonds. The van der Waals surface area contributed by atoms with E-state index in [1.807, 2.05) is 31.2 Å². The van der Waals surface area contributed by atoms with Gasteiger partial charge in [0.05, 0.1) is 0 Å². The van der Waals surface area contributed by atoms with Gasteiger partial charge in [0.2, 0.25) is 0 Å². The summed E-state index contributed by atoms with van der Waals surface area (Å²) < 4.78 is 0. The van der Waals surface area contributed by atoms with E-state index in [4.69, 9.17) is 0 Å². The molecule has 25 heavy (non-hydrogen) atoms. The van der Waals surface area contributed by atoms with Crippen LogP contribution < -0.4 is 10.6 Å². The van der Waals surface area contributed by atoms with Crippen LogP contribution in [0.25, 0.3) is 0 Å². The fourth-order valence-corrected chi connectivity index (χ4v) is 2.44. The summed E-state index contributed by atoms with van der Waals surface area (Å²) in [6.45, 7) is 7.42. The molecule has 0 heterocycles. The zero-order valence-electron chi connectivity index (χ0n) is 15.1. The third-order valence-electron chi connectivity index (χ3n) is 4.12. The lowest BCUT2D eigenvalue weighted by Gasteiger charge is -2.09. The number of hydrogen-bond donors (Lipinski definition) is 2. The van der Waals surface area contributed by atoms with Crippen molar-refractivity contribution in [1.29, 1.82) is 0 Å². The Balaban J connectivity index is 1.89. The van der Waals surface area contributed by atoms with Crippen molar-refractivity contribution in [3.63, 3.8) is 0 Å². The van der Waals surface area contributed by atoms with Crippen molar-refractivity contribution in [2.24, 2.45) is 5.92 Å². The Morgan fingerprint density at radius 1 is 0.880 bits per heavy atom. The predicted octanol–water partition coefficient (Wildman–Crippen LogP) is 3.70. The Hall–Kier alpha value is -2.62. The second-order valence-corrected chi connectivity index (χ2v) is 6.62. The van der Waals surface area contributed by atoms with Gasteiger partial charge in [0.25, 0.3) is 11.8 Å². The summed E-state index contributed by atoms with van der Waals surface area (Å²) in [5.41, 5.74) is 3.36. The minimum absolute atomic E-state index is 0.104. The largest absolute Gasteiger partial charge is 0.352 e. The number of hydrogen-bond acceptors (Lipinski definition) is 2. The highest BCUT2D eigenvalue weighted by atomic mass is 16.2. The van der Waals surface area contributed by atoms with Gasteiger partial charge >= 0.3 is 0 Å². The van der Waals surface area contributed by atoms with Crippen LogP contribution in [0.4, 0.5) is 0 Å². The first-order chi connectivity index (χ1) is 12.0. The average Bonchev–Trinajstić information content (AvgIpc) is 2.60. The molecule has 132 valence electrons. The van der Waals surface area contributed by atoms with Crippen LogP contribution in [0.3, 0.4) is 0 Å². The van der Waals surface area contributed by atoms with Crippen molar-refractivity contribution in [1.82, 2.24) is 10.6 Å². The number of rotatable bonds is 7. The third kappa shape index (κ3) is 5.75. The Morgan fingerprint density at radius 2 is 1.44 bits per heavy atom. The quantitative estimate of drug-likeness (QED) is 0.809. The van der Waals surface area contributed by atoms with Gasteiger partial charge in [-0.1, -0.05) is 38.1 Å². The number of aryl methyl sites for hydroxylation is 1. The number of carbonyl (C=O) groups is 2. The Labute approximate surface area is 149 Å². The molecule has 0 aliphatic heterocycles. The summed E-state index contributed by atoms with van der Waals surface area (Å²) in [5.74, 6) is 0.308. The number of carbonyl (C=O) groups excluding carboxylic acids is 2. The van der Waals surface area contributed by atoms with E-state index in [1.54, 1.807) is 24.3 Å². The molecular formula is C21H26N2O2. The molecule has 0 aliphatic rings. The molecule has 0 aromatic heterocycles. The lowest BCUT2D eigenvalue weighted by molar-refractivity contribution is 0.0939. The van der Waals surface area contributed by atoms with E-state index in [9.17, 15) is 9.59 Å². The first-order valence-corrected chi connectivity index (χ1v) is 8.68. The van der Waals surface area contributed by atoms with Crippen LogP contribution in [-0.4, -0.2) is 18.4 Å². The minimum Gasteiger partial charge on any atom is -0.352 e. The predicted molar refractivity (Wildman–Crippen MR) is 101 cm³/mol. The second-order valence-electron chi connectivity index (χ2n) is 6.62. The second kappa shape index (κ2) is 9.02. The van der Waals surface area contributed by atoms with E-state index >= 15 is 0 Å². The molecule has 4 nitrogen and oxygen atoms in total. The lowest BCUT2D eigenvalue weighted by atomic mass is 10.1. The first-order valence-electron chi connectivity index (χ1n) is 8.68. The van der Waals surface area contributed by atoms with Gasteiger partial charge in [-0.25, -0.2) is 0 Å². The molecule has 2 aromatic rings. The summed E-state index contributed by atoms with van der Waals surface area (Å²) >= 11 is 0. The molecule has 2 N–H and O–H groups in total. The molecule has 0 bridgehead atoms. The molecule has 2 rings (SSSR count). The van der Waals surface area contributed by atoms with E-state index in [1.165, 1.54) is 0 Å². The smallest absolute Gasteiger partial charge is 0.251 e. The fourth-order valence-electron chi connectivity index (χ4n) is 2.44. The molecule has 0 fully saturated rings. The topological polar surface area (TPSA) is 58.2 Å². The van der Waals surface area contributed by atoms with E-state index in [0.717, 1.165) is 17.5 Å². The number of nitrogens with one attached hydrogen (secondary N) is 2. The monoisotopic (exact) mass is 338 g/mol. The van der Waals surface area contributed by atoms with Crippen LogP contribution >= 0.6 is 0 Å². The van der Waals surface area contributed by atoms with Gasteiger partial charge in [0, 0.05) is 24.2 Å². The summed E-state index contributed by atoms with van der Waals surface area (Å²) in [6, 6.07) is 14.7. The van der Waals surface area contributed by atoms with Crippen LogP contribution in [-0.2, 0) is 6.54 Å². The van der Waals surface area contributed by atoms with Gasteiger partial charge < -0.3 is 10.6 Å². The highest BCUT2D eigenvalue weighted by Gasteiger charge is 2.09. The molecular weight excluding hydrogens is 312 g/mol. The van der Waals surface area contributed by atoms with E-state index in [-0.39, 0.29) is 11.8 Å². The third-order valence-corrected chi connectivity index (χ3v) is 4.12. The molecule has 0 radical (unpaired) electrons. The first kappa shape index (κ1) is 18.7. The summed E-state index contributed by atoms with van der Waals surface area (Å²) in [7, 11) is 0. The average molecular weight is 338 g/mol. The van der Waals surface area contributed by atoms with Crippen LogP contribution in [0.15, 0.2) is 48.5 Å². The van der Waals surface area contributed by atoms with Crippen molar-refractivity contribution in [2.75, 3.05) is 6.54 Å². The molecule has 0 spiro atoms. The highest BCUT2D eigenvalue weighted by molar-refractivity contribution is 5.97. The van der Waals surface area contributed by atoms with E-state index < -0.39 is 0 Å². The van der Waals surface area contributed by atoms with Gasteiger partial charge in [-0.3, -0.25) is 9.59 Å². The van der Waals surface area contributed by atoms with Crippen LogP contribution in [0.1, 0.15) is 52.1 Å². The van der Waals surface area contributed by atoms with Crippen molar-refractivity contribution in [3.05, 3.63) is 70.8 Å². The molecule has 0 atom stereocenters. The molecule has 4 heteroatoms. The van der Waals surface area contributed by atoms with Crippen molar-refractivity contribution >= 4 is 11.8 Å². The molecule has 0 saturated carbocycles. The van der Waals surface area contributed by atoms with Crippen molar-refractivity contribution in [3.8, 4) is 0 Å². The van der Waals surface area contributed by atoms with Crippen LogP contribution in [0.5, 0.6) is 0 Å². The summed E-state index contributed by atoms with van der Waals surface area (Å²) in [5, 5.41) is 5.80. The van der Waals surface area contributed by atoms with Gasteiger partial charge in [0.1, 0.15) is 0 Å². The SMILES string of the molecule is Cc1ccccc1CNC(=O)c1ccc(C(=O)NCCC(C)C)cc1. The molecule has 0 unspecified atom stereocenters. The maximum Gasteiger partial charge on any atom is 0.251 e. The van der Waals surface area contributed by atoms with Gasteiger partial charge in [-0.05, 0) is 54.7 Å². The van der Waals surface area contributed by atoms with Crippen LogP contribution in [0, 0.1) is 12.8 Å². The fraction of sp³-hybridized carbons (Fsp3) is 0.333. The summed E-state index contributed by atoms with van der Waals surface area (Å²) in [6.07, 6.45) is 0.950. The maximum atomic E-state index is 12.2. The molecule has 2 aromatic carbocycles. The minimum atomic E-state index is -0.144. The van der Waals surface area contributed by atoms with E-state index in [0.29, 0.717) is 30.1 Å².